The Kier molecular flexibility index (Phi) is 3.93. The Balaban J connectivity index is 1.93. The molecule has 6 heteroatoms. The largest absolute Gasteiger partial charge is 0.314 e. The van der Waals surface area contributed by atoms with Gasteiger partial charge in [0.2, 0.25) is 10.0 Å². The Morgan fingerprint density at radius 1 is 1.29 bits per heavy atom. The van der Waals surface area contributed by atoms with Crippen LogP contribution in [0.15, 0.2) is 41.4 Å². The molecule has 1 aliphatic rings. The molecule has 1 aromatic heterocycles. The van der Waals surface area contributed by atoms with Crippen LogP contribution in [0.25, 0.3) is 10.9 Å². The molecule has 2 unspecified atom stereocenters. The molecule has 1 saturated heterocycles. The summed E-state index contributed by atoms with van der Waals surface area (Å²) in [6.07, 6.45) is 3.29. The lowest BCUT2D eigenvalue weighted by Gasteiger charge is -2.28. The first-order valence-electron chi connectivity index (χ1n) is 7.16. The van der Waals surface area contributed by atoms with Gasteiger partial charge in [-0.05, 0) is 50.6 Å². The fraction of sp³-hybridized carbons (Fsp3) is 0.400. The van der Waals surface area contributed by atoms with Crippen molar-refractivity contribution in [1.29, 1.82) is 0 Å². The Hall–Kier alpha value is -1.50. The third kappa shape index (κ3) is 3.07. The highest BCUT2D eigenvalue weighted by Crippen LogP contribution is 2.22. The van der Waals surface area contributed by atoms with E-state index in [1.807, 2.05) is 6.07 Å². The van der Waals surface area contributed by atoms with E-state index in [-0.39, 0.29) is 6.04 Å². The van der Waals surface area contributed by atoms with Crippen LogP contribution < -0.4 is 10.0 Å². The topological polar surface area (TPSA) is 71.1 Å². The molecule has 2 N–H and O–H groups in total. The van der Waals surface area contributed by atoms with Crippen LogP contribution in [0.2, 0.25) is 0 Å². The number of aromatic nitrogens is 1. The molecule has 0 radical (unpaired) electrons. The Morgan fingerprint density at radius 2 is 2.14 bits per heavy atom. The monoisotopic (exact) mass is 305 g/mol. The van der Waals surface area contributed by atoms with Crippen LogP contribution in [0, 0.1) is 0 Å². The number of nitrogens with zero attached hydrogens (tertiary/aromatic N) is 1. The number of hydrogen-bond acceptors (Lipinski definition) is 4. The molecule has 1 aromatic carbocycles. The lowest BCUT2D eigenvalue weighted by atomic mass is 10.0. The highest BCUT2D eigenvalue weighted by atomic mass is 32.2. The minimum Gasteiger partial charge on any atom is -0.314 e. The first-order chi connectivity index (χ1) is 10.1. The fourth-order valence-corrected chi connectivity index (χ4v) is 4.33. The molecule has 5 nitrogen and oxygen atoms in total. The predicted octanol–water partition coefficient (Wildman–Crippen LogP) is 1.65. The van der Waals surface area contributed by atoms with Crippen LogP contribution in [0.5, 0.6) is 0 Å². The van der Waals surface area contributed by atoms with Crippen molar-refractivity contribution in [2.75, 3.05) is 6.54 Å². The van der Waals surface area contributed by atoms with Crippen LogP contribution in [0.4, 0.5) is 0 Å². The van der Waals surface area contributed by atoms with Crippen molar-refractivity contribution in [2.24, 2.45) is 0 Å². The maximum atomic E-state index is 12.7. The summed E-state index contributed by atoms with van der Waals surface area (Å²) in [5.41, 5.74) is 0.694. The van der Waals surface area contributed by atoms with E-state index in [9.17, 15) is 8.42 Å². The molecule has 21 heavy (non-hydrogen) atoms. The lowest BCUT2D eigenvalue weighted by molar-refractivity contribution is 0.361. The van der Waals surface area contributed by atoms with Gasteiger partial charge in [0, 0.05) is 23.7 Å². The minimum absolute atomic E-state index is 0.0156. The first-order valence-corrected chi connectivity index (χ1v) is 8.64. The maximum absolute atomic E-state index is 12.7. The van der Waals surface area contributed by atoms with E-state index in [0.717, 1.165) is 19.4 Å². The Bertz CT molecular complexity index is 740. The van der Waals surface area contributed by atoms with Crippen LogP contribution in [-0.4, -0.2) is 32.0 Å². The number of fused-ring (bicyclic) bond motifs is 1. The van der Waals surface area contributed by atoms with E-state index in [4.69, 9.17) is 0 Å². The van der Waals surface area contributed by atoms with Crippen LogP contribution >= 0.6 is 0 Å². The van der Waals surface area contributed by atoms with Crippen molar-refractivity contribution in [3.63, 3.8) is 0 Å². The molecular formula is C15H19N3O2S. The number of sulfonamides is 1. The number of benzene rings is 1. The summed E-state index contributed by atoms with van der Waals surface area (Å²) in [6, 6.07) is 9.06. The summed E-state index contributed by atoms with van der Waals surface area (Å²) in [7, 11) is -3.53. The van der Waals surface area contributed by atoms with Gasteiger partial charge in [-0.15, -0.1) is 0 Å². The molecule has 2 heterocycles. The van der Waals surface area contributed by atoms with Gasteiger partial charge in [-0.25, -0.2) is 13.1 Å². The highest BCUT2D eigenvalue weighted by Gasteiger charge is 2.25. The first kappa shape index (κ1) is 14.4. The standard InChI is InChI=1S/C15H19N3O2S/c1-11-10-12(7-9-16-11)18-21(19,20)15-6-2-5-14-13(15)4-3-8-17-14/h2-6,8,11-12,16,18H,7,9-10H2,1H3. The summed E-state index contributed by atoms with van der Waals surface area (Å²) in [4.78, 5) is 4.52. The van der Waals surface area contributed by atoms with Gasteiger partial charge in [-0.3, -0.25) is 4.98 Å². The fourth-order valence-electron chi connectivity index (χ4n) is 2.83. The van der Waals surface area contributed by atoms with Gasteiger partial charge in [0.05, 0.1) is 10.4 Å². The van der Waals surface area contributed by atoms with Crippen LogP contribution in [0.1, 0.15) is 19.8 Å². The molecule has 2 atom stereocenters. The van der Waals surface area contributed by atoms with Gasteiger partial charge in [0.15, 0.2) is 0 Å². The number of rotatable bonds is 3. The summed E-state index contributed by atoms with van der Waals surface area (Å²) in [5, 5.41) is 3.98. The van der Waals surface area contributed by atoms with Gasteiger partial charge in [-0.1, -0.05) is 6.07 Å². The highest BCUT2D eigenvalue weighted by molar-refractivity contribution is 7.89. The quantitative estimate of drug-likeness (QED) is 0.904. The predicted molar refractivity (Wildman–Crippen MR) is 82.6 cm³/mol. The smallest absolute Gasteiger partial charge is 0.241 e. The normalized spacial score (nSPS) is 23.3. The third-order valence-electron chi connectivity index (χ3n) is 3.84. The van der Waals surface area contributed by atoms with Gasteiger partial charge in [0.1, 0.15) is 0 Å². The zero-order chi connectivity index (χ0) is 14.9. The molecular weight excluding hydrogens is 286 g/mol. The van der Waals surface area contributed by atoms with Crippen LogP contribution in [-0.2, 0) is 10.0 Å². The average Bonchev–Trinajstić information content (AvgIpc) is 2.46. The number of nitrogens with one attached hydrogen (secondary N) is 2. The zero-order valence-electron chi connectivity index (χ0n) is 11.9. The van der Waals surface area contributed by atoms with Crippen molar-refractivity contribution in [2.45, 2.75) is 36.7 Å². The Labute approximate surface area is 124 Å². The summed E-state index contributed by atoms with van der Waals surface area (Å²) >= 11 is 0. The molecule has 0 bridgehead atoms. The molecule has 0 amide bonds. The second-order valence-electron chi connectivity index (χ2n) is 5.52. The average molecular weight is 305 g/mol. The van der Waals surface area contributed by atoms with Gasteiger partial charge < -0.3 is 5.32 Å². The molecule has 0 spiro atoms. The molecule has 1 fully saturated rings. The summed E-state index contributed by atoms with van der Waals surface area (Å²) in [6.45, 7) is 2.91. The van der Waals surface area contributed by atoms with Crippen molar-refractivity contribution in [3.05, 3.63) is 36.5 Å². The van der Waals surface area contributed by atoms with E-state index < -0.39 is 10.0 Å². The van der Waals surface area contributed by atoms with E-state index >= 15 is 0 Å². The van der Waals surface area contributed by atoms with Crippen LogP contribution in [0.3, 0.4) is 0 Å². The zero-order valence-corrected chi connectivity index (χ0v) is 12.7. The van der Waals surface area contributed by atoms with E-state index in [1.165, 1.54) is 0 Å². The van der Waals surface area contributed by atoms with Crippen molar-refractivity contribution in [3.8, 4) is 0 Å². The van der Waals surface area contributed by atoms with E-state index in [1.54, 1.807) is 30.5 Å². The number of pyridine rings is 1. The summed E-state index contributed by atoms with van der Waals surface area (Å²) in [5.74, 6) is 0. The molecule has 0 saturated carbocycles. The van der Waals surface area contributed by atoms with Crippen molar-refractivity contribution in [1.82, 2.24) is 15.0 Å². The minimum atomic E-state index is -3.53. The van der Waals surface area contributed by atoms with E-state index in [0.29, 0.717) is 21.8 Å². The molecule has 1 aliphatic heterocycles. The third-order valence-corrected chi connectivity index (χ3v) is 5.42. The SMILES string of the molecule is CC1CC(NS(=O)(=O)c2cccc3ncccc23)CCN1. The Morgan fingerprint density at radius 3 is 2.95 bits per heavy atom. The maximum Gasteiger partial charge on any atom is 0.241 e. The second-order valence-corrected chi connectivity index (χ2v) is 7.21. The van der Waals surface area contributed by atoms with Gasteiger partial charge in [-0.2, -0.15) is 0 Å². The second kappa shape index (κ2) is 5.71. The van der Waals surface area contributed by atoms with E-state index in [2.05, 4.69) is 21.9 Å². The van der Waals surface area contributed by atoms with Crippen molar-refractivity contribution >= 4 is 20.9 Å². The van der Waals surface area contributed by atoms with Crippen molar-refractivity contribution < 1.29 is 8.42 Å². The molecule has 112 valence electrons. The molecule has 3 rings (SSSR count). The molecule has 0 aliphatic carbocycles. The molecule has 2 aromatic rings. The number of piperidine rings is 1. The summed E-state index contributed by atoms with van der Waals surface area (Å²) < 4.78 is 28.2. The number of hydrogen-bond donors (Lipinski definition) is 2. The van der Waals surface area contributed by atoms with Gasteiger partial charge in [0.25, 0.3) is 0 Å². The lowest BCUT2D eigenvalue weighted by Crippen LogP contribution is -2.46. The van der Waals surface area contributed by atoms with Gasteiger partial charge >= 0.3 is 0 Å².